The van der Waals surface area contributed by atoms with Gasteiger partial charge in [0.15, 0.2) is 5.17 Å². The fourth-order valence-electron chi connectivity index (χ4n) is 3.39. The number of amidine groups is 1. The summed E-state index contributed by atoms with van der Waals surface area (Å²) in [6, 6.07) is 16.4. The molecule has 0 aliphatic carbocycles. The van der Waals surface area contributed by atoms with E-state index in [9.17, 15) is 9.59 Å². The first-order valence-corrected chi connectivity index (χ1v) is 10.1. The zero-order chi connectivity index (χ0) is 19.7. The first-order valence-electron chi connectivity index (χ1n) is 9.20. The Balaban J connectivity index is 1.64. The maximum absolute atomic E-state index is 13.1. The number of aliphatic imine (C=N–C) groups is 1. The molecule has 2 aromatic rings. The molecule has 1 fully saturated rings. The molecule has 0 spiro atoms. The van der Waals surface area contributed by atoms with Crippen LogP contribution in [0.4, 0.5) is 5.69 Å². The first kappa shape index (κ1) is 18.6. The van der Waals surface area contributed by atoms with Gasteiger partial charge >= 0.3 is 0 Å². The van der Waals surface area contributed by atoms with Gasteiger partial charge in [-0.2, -0.15) is 0 Å². The van der Waals surface area contributed by atoms with Crippen LogP contribution in [0.3, 0.4) is 0 Å². The van der Waals surface area contributed by atoms with Gasteiger partial charge in [0, 0.05) is 31.9 Å². The van der Waals surface area contributed by atoms with E-state index in [2.05, 4.69) is 10.3 Å². The molecular formula is C21H22N4O2S. The molecular weight excluding hydrogens is 372 g/mol. The summed E-state index contributed by atoms with van der Waals surface area (Å²) in [7, 11) is 3.98. The van der Waals surface area contributed by atoms with Gasteiger partial charge in [0.1, 0.15) is 6.04 Å². The lowest BCUT2D eigenvalue weighted by Gasteiger charge is -2.36. The molecule has 2 aromatic carbocycles. The number of carbonyl (C=O) groups excluding carboxylic acids is 2. The number of benzene rings is 2. The predicted molar refractivity (Wildman–Crippen MR) is 113 cm³/mol. The molecule has 2 heterocycles. The number of fused-ring (bicyclic) bond motifs is 1. The van der Waals surface area contributed by atoms with Crippen LogP contribution in [0.1, 0.15) is 21.2 Å². The van der Waals surface area contributed by atoms with Crippen molar-refractivity contribution in [2.75, 3.05) is 32.1 Å². The highest BCUT2D eigenvalue weighted by Gasteiger charge is 2.43. The molecule has 1 N–H and O–H groups in total. The van der Waals surface area contributed by atoms with Crippen LogP contribution >= 0.6 is 11.8 Å². The number of thioether (sulfide) groups is 1. The van der Waals surface area contributed by atoms with Crippen LogP contribution in [0.2, 0.25) is 0 Å². The Labute approximate surface area is 168 Å². The molecule has 6 nitrogen and oxygen atoms in total. The smallest absolute Gasteiger partial charge is 0.252 e. The predicted octanol–water partition coefficient (Wildman–Crippen LogP) is 2.54. The minimum Gasteiger partial charge on any atom is -0.378 e. The van der Waals surface area contributed by atoms with Gasteiger partial charge in [-0.15, -0.1) is 0 Å². The van der Waals surface area contributed by atoms with E-state index in [1.807, 2.05) is 61.5 Å². The zero-order valence-corrected chi connectivity index (χ0v) is 16.6. The van der Waals surface area contributed by atoms with Crippen LogP contribution in [0, 0.1) is 0 Å². The van der Waals surface area contributed by atoms with E-state index < -0.39 is 6.04 Å². The lowest BCUT2D eigenvalue weighted by molar-refractivity contribution is -0.129. The van der Waals surface area contributed by atoms with Crippen molar-refractivity contribution in [1.82, 2.24) is 10.2 Å². The molecule has 28 heavy (non-hydrogen) atoms. The SMILES string of the molecule is CN(C)c1ccc(C2SC3=NCCN3C(=O)C2NC(=O)c2ccccc2)cc1. The minimum absolute atomic E-state index is 0.0963. The molecule has 0 aromatic heterocycles. The van der Waals surface area contributed by atoms with E-state index in [1.165, 1.54) is 0 Å². The Morgan fingerprint density at radius 1 is 1.14 bits per heavy atom. The van der Waals surface area contributed by atoms with E-state index in [0.717, 1.165) is 16.4 Å². The van der Waals surface area contributed by atoms with Crippen LogP contribution in [-0.4, -0.2) is 55.1 Å². The van der Waals surface area contributed by atoms with Crippen molar-refractivity contribution < 1.29 is 9.59 Å². The molecule has 2 aliphatic rings. The maximum Gasteiger partial charge on any atom is 0.252 e. The third-order valence-electron chi connectivity index (χ3n) is 4.93. The Bertz CT molecular complexity index is 912. The van der Waals surface area contributed by atoms with E-state index in [-0.39, 0.29) is 17.1 Å². The van der Waals surface area contributed by atoms with Gasteiger partial charge < -0.3 is 10.2 Å². The number of hydrogen-bond donors (Lipinski definition) is 1. The van der Waals surface area contributed by atoms with Crippen LogP contribution < -0.4 is 10.2 Å². The molecule has 2 atom stereocenters. The summed E-state index contributed by atoms with van der Waals surface area (Å²) in [6.45, 7) is 1.19. The van der Waals surface area contributed by atoms with Crippen molar-refractivity contribution in [3.8, 4) is 0 Å². The number of carbonyl (C=O) groups is 2. The number of nitrogens with zero attached hydrogens (tertiary/aromatic N) is 3. The highest BCUT2D eigenvalue weighted by atomic mass is 32.2. The molecule has 4 rings (SSSR count). The third kappa shape index (κ3) is 3.49. The normalized spacial score (nSPS) is 21.1. The number of hydrogen-bond acceptors (Lipinski definition) is 5. The fraction of sp³-hybridized carbons (Fsp3) is 0.286. The summed E-state index contributed by atoms with van der Waals surface area (Å²) < 4.78 is 0. The Kier molecular flexibility index (Phi) is 5.09. The Hall–Kier alpha value is -2.80. The lowest BCUT2D eigenvalue weighted by atomic mass is 10.0. The van der Waals surface area contributed by atoms with Gasteiger partial charge in [-0.3, -0.25) is 19.5 Å². The minimum atomic E-state index is -0.639. The average Bonchev–Trinajstić information content (AvgIpc) is 3.19. The standard InChI is InChI=1S/C21H22N4O2S/c1-24(2)16-10-8-14(9-11-16)18-17(20(27)25-13-12-22-21(25)28-18)23-19(26)15-6-4-3-5-7-15/h3-11,17-18H,12-13H2,1-2H3,(H,23,26). The number of rotatable bonds is 4. The lowest BCUT2D eigenvalue weighted by Crippen LogP contribution is -2.55. The second-order valence-corrected chi connectivity index (χ2v) is 8.10. The zero-order valence-electron chi connectivity index (χ0n) is 15.8. The summed E-state index contributed by atoms with van der Waals surface area (Å²) >= 11 is 1.55. The quantitative estimate of drug-likeness (QED) is 0.866. The Morgan fingerprint density at radius 2 is 1.86 bits per heavy atom. The van der Waals surface area contributed by atoms with E-state index in [1.54, 1.807) is 28.8 Å². The topological polar surface area (TPSA) is 65.0 Å². The highest BCUT2D eigenvalue weighted by molar-refractivity contribution is 8.14. The van der Waals surface area contributed by atoms with Crippen LogP contribution in [-0.2, 0) is 4.79 Å². The van der Waals surface area contributed by atoms with Gasteiger partial charge in [-0.25, -0.2) is 0 Å². The fourth-order valence-corrected chi connectivity index (χ4v) is 4.70. The van der Waals surface area contributed by atoms with Gasteiger partial charge in [0.25, 0.3) is 11.8 Å². The Morgan fingerprint density at radius 3 is 2.54 bits per heavy atom. The molecule has 144 valence electrons. The van der Waals surface area contributed by atoms with E-state index in [0.29, 0.717) is 18.7 Å². The summed E-state index contributed by atoms with van der Waals surface area (Å²) in [6.07, 6.45) is 0. The molecule has 1 saturated heterocycles. The summed E-state index contributed by atoms with van der Waals surface area (Å²) in [5.41, 5.74) is 2.63. The molecule has 2 aliphatic heterocycles. The highest BCUT2D eigenvalue weighted by Crippen LogP contribution is 2.40. The second kappa shape index (κ2) is 7.67. The van der Waals surface area contributed by atoms with Crippen molar-refractivity contribution in [2.24, 2.45) is 4.99 Å². The number of nitrogens with one attached hydrogen (secondary N) is 1. The molecule has 0 radical (unpaired) electrons. The molecule has 0 saturated carbocycles. The summed E-state index contributed by atoms with van der Waals surface area (Å²) in [4.78, 5) is 34.1. The van der Waals surface area contributed by atoms with Gasteiger partial charge in [-0.05, 0) is 29.8 Å². The van der Waals surface area contributed by atoms with Crippen molar-refractivity contribution in [3.63, 3.8) is 0 Å². The van der Waals surface area contributed by atoms with Gasteiger partial charge in [0.05, 0.1) is 11.8 Å². The maximum atomic E-state index is 13.1. The third-order valence-corrected chi connectivity index (χ3v) is 6.29. The van der Waals surface area contributed by atoms with Gasteiger partial charge in [-0.1, -0.05) is 42.1 Å². The average molecular weight is 394 g/mol. The van der Waals surface area contributed by atoms with Gasteiger partial charge in [0.2, 0.25) is 0 Å². The number of anilines is 1. The molecule has 2 amide bonds. The monoisotopic (exact) mass is 394 g/mol. The van der Waals surface area contributed by atoms with Crippen molar-refractivity contribution >= 4 is 34.4 Å². The number of amides is 2. The molecule has 0 bridgehead atoms. The summed E-state index contributed by atoms with van der Waals surface area (Å²) in [5, 5.41) is 3.50. The molecule has 7 heteroatoms. The molecule has 2 unspecified atom stereocenters. The van der Waals surface area contributed by atoms with Crippen LogP contribution in [0.15, 0.2) is 59.6 Å². The van der Waals surface area contributed by atoms with Crippen molar-refractivity contribution in [2.45, 2.75) is 11.3 Å². The van der Waals surface area contributed by atoms with Crippen LogP contribution in [0.25, 0.3) is 0 Å². The second-order valence-electron chi connectivity index (χ2n) is 7.00. The summed E-state index contributed by atoms with van der Waals surface area (Å²) in [5.74, 6) is -0.338. The largest absolute Gasteiger partial charge is 0.378 e. The van der Waals surface area contributed by atoms with E-state index >= 15 is 0 Å². The van der Waals surface area contributed by atoms with Crippen molar-refractivity contribution in [3.05, 3.63) is 65.7 Å². The first-order chi connectivity index (χ1) is 13.5. The van der Waals surface area contributed by atoms with Crippen LogP contribution in [0.5, 0.6) is 0 Å². The van der Waals surface area contributed by atoms with E-state index in [4.69, 9.17) is 0 Å². The van der Waals surface area contributed by atoms with Crippen molar-refractivity contribution in [1.29, 1.82) is 0 Å².